The number of aromatic amines is 2. The van der Waals surface area contributed by atoms with E-state index in [1.54, 1.807) is 0 Å². The molecule has 4 rings (SSSR count). The molecule has 28 nitrogen and oxygen atoms in total. The molecule has 0 aliphatic rings. The number of hydrogen-bond acceptors (Lipinski definition) is 16. The van der Waals surface area contributed by atoms with E-state index in [1.807, 2.05) is 0 Å². The Bertz CT molecular complexity index is 948. The standard InChI is InChI=1S/2C2HN10O2.2H3N.2H2O/c2*13-12(14)6-2-5-9-10-11(2)1-3-7-8-4-1;;;;/h2*(H-,3,4,5,6,7,8,10);2*1H3;2*1H2/q2*-1;;;;/p+2. The number of H-pyrrole nitrogens is 2. The Labute approximate surface area is 171 Å². The Kier molecular flexibility index (Phi) is 11.6. The summed E-state index contributed by atoms with van der Waals surface area (Å²) >= 11 is 0. The van der Waals surface area contributed by atoms with Crippen molar-refractivity contribution in [2.45, 2.75) is 0 Å². The predicted octanol–water partition coefficient (Wildman–Crippen LogP) is -4.15. The monoisotopic (exact) mass is 466 g/mol. The highest BCUT2D eigenvalue weighted by Crippen LogP contribution is 2.14. The van der Waals surface area contributed by atoms with Crippen LogP contribution in [0.4, 0.5) is 11.9 Å². The molecule has 0 saturated carbocycles. The van der Waals surface area contributed by atoms with Gasteiger partial charge in [0.05, 0.1) is 0 Å². The van der Waals surface area contributed by atoms with E-state index in [2.05, 4.69) is 83.2 Å². The number of quaternary nitrogens is 2. The Morgan fingerprint density at radius 1 is 0.719 bits per heavy atom. The average Bonchev–Trinajstić information content (AvgIpc) is 3.42. The number of tetrazole rings is 4. The third kappa shape index (κ3) is 6.84. The summed E-state index contributed by atoms with van der Waals surface area (Å²) in [5.74, 6) is -0.737. The summed E-state index contributed by atoms with van der Waals surface area (Å²) in [7, 11) is 0. The first-order valence-corrected chi connectivity index (χ1v) is 6.31. The summed E-state index contributed by atoms with van der Waals surface area (Å²) in [6.45, 7) is 0. The minimum atomic E-state index is -0.928. The van der Waals surface area contributed by atoms with Crippen LogP contribution < -0.4 is 12.3 Å². The van der Waals surface area contributed by atoms with E-state index in [-0.39, 0.29) is 47.0 Å². The molecule has 0 aliphatic carbocycles. The zero-order valence-corrected chi connectivity index (χ0v) is 15.7. The second kappa shape index (κ2) is 12.9. The van der Waals surface area contributed by atoms with Gasteiger partial charge in [0.25, 0.3) is 0 Å². The van der Waals surface area contributed by atoms with E-state index in [9.17, 15) is 20.2 Å². The number of aromatic nitrogens is 16. The lowest BCUT2D eigenvalue weighted by atomic mass is 10.9. The largest absolute Gasteiger partial charge is 0.412 e. The first-order chi connectivity index (χ1) is 13.5. The summed E-state index contributed by atoms with van der Waals surface area (Å²) in [4.78, 5) is 20.1. The van der Waals surface area contributed by atoms with Crippen molar-refractivity contribution in [1.29, 1.82) is 0 Å². The highest BCUT2D eigenvalue weighted by atomic mass is 16.7. The third-order valence-corrected chi connectivity index (χ3v) is 2.30. The number of hydrogen-bond donors (Lipinski definition) is 4. The molecule has 0 unspecified atom stereocenters. The molecular weight excluding hydrogens is 452 g/mol. The molecule has 0 amide bonds. The fourth-order valence-electron chi connectivity index (χ4n) is 1.39. The van der Waals surface area contributed by atoms with E-state index in [1.165, 1.54) is 0 Å². The molecule has 0 aromatic carbocycles. The van der Waals surface area contributed by atoms with Crippen LogP contribution in [0.5, 0.6) is 0 Å². The molecule has 0 saturated heterocycles. The van der Waals surface area contributed by atoms with Gasteiger partial charge in [0.15, 0.2) is 0 Å². The molecule has 32 heavy (non-hydrogen) atoms. The van der Waals surface area contributed by atoms with Gasteiger partial charge in [-0.2, -0.15) is 10.4 Å². The molecule has 0 fully saturated rings. The molecule has 0 bridgehead atoms. The van der Waals surface area contributed by atoms with Crippen LogP contribution in [0.1, 0.15) is 0 Å². The summed E-state index contributed by atoms with van der Waals surface area (Å²) in [6.07, 6.45) is 0. The van der Waals surface area contributed by atoms with Crippen LogP contribution in [-0.2, 0) is 0 Å². The molecule has 14 N–H and O–H groups in total. The first kappa shape index (κ1) is 28.7. The molecule has 4 aromatic rings. The lowest BCUT2D eigenvalue weighted by Crippen LogP contribution is -2.01. The van der Waals surface area contributed by atoms with Crippen LogP contribution in [0.15, 0.2) is 0 Å². The SMILES string of the molecule is O.O.O=[N+]([O-])[N-]c1nnnn1-c1nn[nH]n1.O=[N+]([O-])[N-]c1nnnn1-c1nn[nH]n1.[NH4+].[NH4+]. The van der Waals surface area contributed by atoms with Crippen molar-refractivity contribution < 1.29 is 21.0 Å². The Morgan fingerprint density at radius 2 is 1.09 bits per heavy atom. The molecular formula is C4H14N22O6. The van der Waals surface area contributed by atoms with E-state index in [0.29, 0.717) is 0 Å². The van der Waals surface area contributed by atoms with Crippen molar-refractivity contribution in [1.82, 2.24) is 94.0 Å². The Hall–Kier alpha value is -5.48. The molecule has 4 heterocycles. The fraction of sp³-hybridized carbons (Fsp3) is 0. The van der Waals surface area contributed by atoms with Gasteiger partial charge in [-0.05, 0) is 10.4 Å². The molecule has 0 aliphatic heterocycles. The van der Waals surface area contributed by atoms with Crippen LogP contribution >= 0.6 is 0 Å². The van der Waals surface area contributed by atoms with Gasteiger partial charge in [-0.3, -0.25) is 0 Å². The van der Waals surface area contributed by atoms with Gasteiger partial charge >= 0.3 is 0 Å². The van der Waals surface area contributed by atoms with E-state index in [4.69, 9.17) is 0 Å². The summed E-state index contributed by atoms with van der Waals surface area (Å²) in [5, 5.41) is 62.8. The lowest BCUT2D eigenvalue weighted by Gasteiger charge is -2.01. The van der Waals surface area contributed by atoms with E-state index in [0.717, 1.165) is 9.36 Å². The highest BCUT2D eigenvalue weighted by Gasteiger charge is 2.07. The number of nitro groups is 2. The quantitative estimate of drug-likeness (QED) is 0.154. The van der Waals surface area contributed by atoms with Crippen molar-refractivity contribution in [2.75, 3.05) is 0 Å². The van der Waals surface area contributed by atoms with Crippen LogP contribution in [0.25, 0.3) is 22.7 Å². The molecule has 0 atom stereocenters. The van der Waals surface area contributed by atoms with E-state index >= 15 is 0 Å². The minimum absolute atomic E-state index is 0. The molecule has 4 aromatic heterocycles. The average molecular weight is 466 g/mol. The van der Waals surface area contributed by atoms with Crippen LogP contribution in [0.2, 0.25) is 0 Å². The number of rotatable bonds is 6. The highest BCUT2D eigenvalue weighted by molar-refractivity contribution is 5.30. The smallest absolute Gasteiger partial charge is 0.235 e. The van der Waals surface area contributed by atoms with Gasteiger partial charge < -0.3 is 23.3 Å². The molecule has 28 heteroatoms. The van der Waals surface area contributed by atoms with Gasteiger partial charge in [0.1, 0.15) is 22.0 Å². The van der Waals surface area contributed by atoms with Gasteiger partial charge in [-0.15, -0.1) is 41.2 Å². The molecule has 176 valence electrons. The second-order valence-electron chi connectivity index (χ2n) is 3.88. The molecule has 0 spiro atoms. The first-order valence-electron chi connectivity index (χ1n) is 6.31. The maximum Gasteiger partial charge on any atom is 0.235 e. The Morgan fingerprint density at radius 3 is 1.38 bits per heavy atom. The van der Waals surface area contributed by atoms with Crippen molar-refractivity contribution in [3.8, 4) is 11.9 Å². The predicted molar refractivity (Wildman–Crippen MR) is 93.0 cm³/mol. The molecule has 0 radical (unpaired) electrons. The van der Waals surface area contributed by atoms with Crippen molar-refractivity contribution in [2.24, 2.45) is 0 Å². The zero-order chi connectivity index (χ0) is 19.9. The van der Waals surface area contributed by atoms with Crippen LogP contribution in [0.3, 0.4) is 0 Å². The lowest BCUT2D eigenvalue weighted by molar-refractivity contribution is -0.419. The zero-order valence-electron chi connectivity index (χ0n) is 15.7. The van der Waals surface area contributed by atoms with E-state index < -0.39 is 10.1 Å². The summed E-state index contributed by atoms with van der Waals surface area (Å²) < 4.78 is 1.73. The van der Waals surface area contributed by atoms with Gasteiger partial charge in [-0.1, -0.05) is 10.9 Å². The topological polar surface area (TPSA) is 447 Å². The van der Waals surface area contributed by atoms with Gasteiger partial charge in [-0.25, -0.2) is 39.8 Å². The van der Waals surface area contributed by atoms with Crippen LogP contribution in [0, 0.1) is 20.2 Å². The van der Waals surface area contributed by atoms with Crippen molar-refractivity contribution >= 4 is 11.9 Å². The van der Waals surface area contributed by atoms with Gasteiger partial charge in [0, 0.05) is 0 Å². The normalized spacial score (nSPS) is 8.75. The second-order valence-corrected chi connectivity index (χ2v) is 3.88. The van der Waals surface area contributed by atoms with Crippen molar-refractivity contribution in [3.63, 3.8) is 0 Å². The summed E-state index contributed by atoms with van der Waals surface area (Å²) in [5.41, 5.74) is 5.81. The van der Waals surface area contributed by atoms with Crippen LogP contribution in [-0.4, -0.2) is 103 Å². The van der Waals surface area contributed by atoms with Gasteiger partial charge in [0.2, 0.25) is 11.9 Å². The minimum Gasteiger partial charge on any atom is -0.412 e. The number of nitrogens with one attached hydrogen (secondary N) is 2. The maximum atomic E-state index is 10.1. The Balaban J connectivity index is 0. The number of nitrogens with zero attached hydrogens (tertiary/aromatic N) is 18. The maximum absolute atomic E-state index is 10.1. The van der Waals surface area contributed by atoms with Crippen molar-refractivity contribution in [3.05, 3.63) is 31.1 Å². The third-order valence-electron chi connectivity index (χ3n) is 2.30. The fourth-order valence-corrected chi connectivity index (χ4v) is 1.39. The summed E-state index contributed by atoms with van der Waals surface area (Å²) in [6, 6.07) is 0.